The van der Waals surface area contributed by atoms with Gasteiger partial charge in [0, 0.05) is 24.2 Å². The Hall–Kier alpha value is -2.87. The molecule has 3 atom stereocenters. The van der Waals surface area contributed by atoms with E-state index in [1.165, 1.54) is 18.4 Å². The van der Waals surface area contributed by atoms with Gasteiger partial charge in [0.25, 0.3) is 0 Å². The molecule has 33 heavy (non-hydrogen) atoms. The highest BCUT2D eigenvalue weighted by molar-refractivity contribution is 5.89. The molecule has 0 aliphatic carbocycles. The lowest BCUT2D eigenvalue weighted by atomic mass is 9.87. The third kappa shape index (κ3) is 8.20. The maximum atomic E-state index is 12.4. The van der Waals surface area contributed by atoms with Crippen molar-refractivity contribution < 1.29 is 34.1 Å². The van der Waals surface area contributed by atoms with Gasteiger partial charge in [0.15, 0.2) is 6.10 Å². The van der Waals surface area contributed by atoms with Gasteiger partial charge in [0.05, 0.1) is 0 Å². The first-order chi connectivity index (χ1) is 15.4. The van der Waals surface area contributed by atoms with Crippen LogP contribution in [0.5, 0.6) is 5.75 Å². The molecule has 0 saturated carbocycles. The Morgan fingerprint density at radius 1 is 1.00 bits per heavy atom. The number of fused-ring (bicyclic) bond motifs is 2. The molecule has 3 rings (SSSR count). The van der Waals surface area contributed by atoms with Crippen molar-refractivity contribution in [1.82, 2.24) is 4.90 Å². The predicted molar refractivity (Wildman–Crippen MR) is 123 cm³/mol. The van der Waals surface area contributed by atoms with Crippen molar-refractivity contribution in [3.8, 4) is 5.75 Å². The van der Waals surface area contributed by atoms with E-state index in [4.69, 9.17) is 19.7 Å². The number of hydrogen-bond donors (Lipinski definition) is 2. The first-order valence-corrected chi connectivity index (χ1v) is 11.2. The molecule has 3 unspecified atom stereocenters. The number of ether oxygens (including phenoxy) is 2. The summed E-state index contributed by atoms with van der Waals surface area (Å²) >= 11 is 0. The van der Waals surface area contributed by atoms with Crippen molar-refractivity contribution in [2.24, 2.45) is 0 Å². The number of piperidine rings is 1. The van der Waals surface area contributed by atoms with Gasteiger partial charge in [0.2, 0.25) is 0 Å². The van der Waals surface area contributed by atoms with E-state index in [1.54, 1.807) is 6.92 Å². The van der Waals surface area contributed by atoms with Gasteiger partial charge in [-0.1, -0.05) is 32.9 Å². The summed E-state index contributed by atoms with van der Waals surface area (Å²) in [6.45, 7) is 8.30. The highest BCUT2D eigenvalue weighted by Crippen LogP contribution is 2.35. The van der Waals surface area contributed by atoms with Crippen LogP contribution in [-0.4, -0.2) is 64.4 Å². The summed E-state index contributed by atoms with van der Waals surface area (Å²) in [5.74, 6) is -2.06. The SMILES string of the molecule is CC(Oc1ccc(C(C)(C)C)cc1)C(=O)OC1CC2CCC(C1)N2C.O=C(O)/C=C\C(=O)O. The van der Waals surface area contributed by atoms with E-state index in [1.807, 2.05) is 12.1 Å². The number of aliphatic carboxylic acids is 2. The first-order valence-electron chi connectivity index (χ1n) is 11.2. The predicted octanol–water partition coefficient (Wildman–Crippen LogP) is 3.63. The van der Waals surface area contributed by atoms with Crippen LogP contribution in [0.2, 0.25) is 0 Å². The summed E-state index contributed by atoms with van der Waals surface area (Å²) in [6, 6.07) is 9.11. The molecule has 8 nitrogen and oxygen atoms in total. The Kier molecular flexibility index (Phi) is 9.05. The number of rotatable bonds is 6. The first kappa shape index (κ1) is 26.4. The normalized spacial score (nSPS) is 23.4. The quantitative estimate of drug-likeness (QED) is 0.488. The second kappa shape index (κ2) is 11.3. The molecular weight excluding hydrogens is 426 g/mol. The third-order valence-electron chi connectivity index (χ3n) is 6.07. The average Bonchev–Trinajstić information content (AvgIpc) is 2.93. The maximum Gasteiger partial charge on any atom is 0.347 e. The van der Waals surface area contributed by atoms with E-state index in [0.29, 0.717) is 30.0 Å². The molecule has 2 aliphatic rings. The Balaban J connectivity index is 0.000000414. The highest BCUT2D eigenvalue weighted by Gasteiger charge is 2.40. The van der Waals surface area contributed by atoms with Gasteiger partial charge in [-0.25, -0.2) is 14.4 Å². The van der Waals surface area contributed by atoms with Gasteiger partial charge in [-0.2, -0.15) is 0 Å². The van der Waals surface area contributed by atoms with Crippen molar-refractivity contribution in [2.45, 2.75) is 83.1 Å². The average molecular weight is 462 g/mol. The summed E-state index contributed by atoms with van der Waals surface area (Å²) in [7, 11) is 2.19. The van der Waals surface area contributed by atoms with E-state index in [0.717, 1.165) is 12.8 Å². The van der Waals surface area contributed by atoms with Crippen LogP contribution in [0.25, 0.3) is 0 Å². The molecule has 0 radical (unpaired) electrons. The molecule has 1 aromatic carbocycles. The van der Waals surface area contributed by atoms with Crippen molar-refractivity contribution in [1.29, 1.82) is 0 Å². The Morgan fingerprint density at radius 3 is 1.91 bits per heavy atom. The number of benzene rings is 1. The monoisotopic (exact) mass is 461 g/mol. The summed E-state index contributed by atoms with van der Waals surface area (Å²) in [4.78, 5) is 33.9. The fourth-order valence-electron chi connectivity index (χ4n) is 4.15. The van der Waals surface area contributed by atoms with Crippen LogP contribution in [0.15, 0.2) is 36.4 Å². The van der Waals surface area contributed by atoms with Gasteiger partial charge in [-0.05, 0) is 62.8 Å². The van der Waals surface area contributed by atoms with Crippen LogP contribution in [0, 0.1) is 0 Å². The molecule has 0 spiro atoms. The maximum absolute atomic E-state index is 12.4. The molecule has 0 aromatic heterocycles. The fraction of sp³-hybridized carbons (Fsp3) is 0.560. The summed E-state index contributed by atoms with van der Waals surface area (Å²) < 4.78 is 11.5. The topological polar surface area (TPSA) is 113 Å². The van der Waals surface area contributed by atoms with Crippen LogP contribution in [0.1, 0.15) is 58.9 Å². The van der Waals surface area contributed by atoms with Crippen molar-refractivity contribution in [3.05, 3.63) is 42.0 Å². The second-order valence-electron chi connectivity index (χ2n) is 9.63. The van der Waals surface area contributed by atoms with Gasteiger partial charge >= 0.3 is 17.9 Å². The van der Waals surface area contributed by atoms with Crippen LogP contribution in [0.3, 0.4) is 0 Å². The van der Waals surface area contributed by atoms with E-state index in [2.05, 4.69) is 44.9 Å². The van der Waals surface area contributed by atoms with Crippen molar-refractivity contribution in [2.75, 3.05) is 7.05 Å². The van der Waals surface area contributed by atoms with E-state index < -0.39 is 18.0 Å². The number of esters is 1. The lowest BCUT2D eigenvalue weighted by Crippen LogP contribution is -2.44. The molecule has 182 valence electrons. The van der Waals surface area contributed by atoms with E-state index in [9.17, 15) is 14.4 Å². The minimum atomic E-state index is -1.26. The van der Waals surface area contributed by atoms with Gasteiger partial charge < -0.3 is 24.6 Å². The largest absolute Gasteiger partial charge is 0.479 e. The highest BCUT2D eigenvalue weighted by atomic mass is 16.6. The second-order valence-corrected chi connectivity index (χ2v) is 9.63. The standard InChI is InChI=1S/C21H31NO3.C4H4O4/c1-14(24-18-10-6-15(7-11-18)21(2,3)4)20(23)25-19-12-16-8-9-17(13-19)22(16)5;5-3(6)1-2-4(7)8/h6-7,10-11,14,16-17,19H,8-9,12-13H2,1-5H3;1-2H,(H,5,6)(H,7,8)/b;2-1-. The fourth-order valence-corrected chi connectivity index (χ4v) is 4.15. The Morgan fingerprint density at radius 2 is 1.48 bits per heavy atom. The smallest absolute Gasteiger partial charge is 0.347 e. The number of carboxylic acid groups (broad SMARTS) is 2. The van der Waals surface area contributed by atoms with Gasteiger partial charge in [0.1, 0.15) is 11.9 Å². The summed E-state index contributed by atoms with van der Waals surface area (Å²) in [5.41, 5.74) is 1.35. The number of nitrogens with zero attached hydrogens (tertiary/aromatic N) is 1. The molecule has 2 fully saturated rings. The lowest BCUT2D eigenvalue weighted by Gasteiger charge is -2.36. The molecule has 2 saturated heterocycles. The van der Waals surface area contributed by atoms with Crippen LogP contribution in [0.4, 0.5) is 0 Å². The molecule has 8 heteroatoms. The number of carbonyl (C=O) groups excluding carboxylic acids is 1. The van der Waals surface area contributed by atoms with Crippen LogP contribution >= 0.6 is 0 Å². The number of carbonyl (C=O) groups is 3. The van der Waals surface area contributed by atoms with Crippen LogP contribution in [-0.2, 0) is 24.5 Å². The van der Waals surface area contributed by atoms with Gasteiger partial charge in [-0.15, -0.1) is 0 Å². The van der Waals surface area contributed by atoms with E-state index >= 15 is 0 Å². The molecule has 2 heterocycles. The minimum absolute atomic E-state index is 0.0375. The third-order valence-corrected chi connectivity index (χ3v) is 6.07. The van der Waals surface area contributed by atoms with Gasteiger partial charge in [-0.3, -0.25) is 0 Å². The van der Waals surface area contributed by atoms with E-state index in [-0.39, 0.29) is 17.5 Å². The van der Waals surface area contributed by atoms with Crippen LogP contribution < -0.4 is 4.74 Å². The molecule has 2 aliphatic heterocycles. The van der Waals surface area contributed by atoms with Crippen molar-refractivity contribution >= 4 is 17.9 Å². The molecule has 0 amide bonds. The number of carboxylic acids is 2. The Labute approximate surface area is 195 Å². The zero-order valence-electron chi connectivity index (χ0n) is 20.0. The molecular formula is C25H35NO7. The van der Waals surface area contributed by atoms with Crippen molar-refractivity contribution in [3.63, 3.8) is 0 Å². The summed E-state index contributed by atoms with van der Waals surface area (Å²) in [5, 5.41) is 15.6. The molecule has 2 N–H and O–H groups in total. The Bertz CT molecular complexity index is 827. The molecule has 1 aromatic rings. The number of hydrogen-bond acceptors (Lipinski definition) is 6. The zero-order chi connectivity index (χ0) is 24.8. The lowest BCUT2D eigenvalue weighted by molar-refractivity contribution is -0.160. The summed E-state index contributed by atoms with van der Waals surface area (Å²) in [6.07, 6.45) is 4.92. The molecule has 2 bridgehead atoms. The minimum Gasteiger partial charge on any atom is -0.479 e. The zero-order valence-corrected chi connectivity index (χ0v) is 20.0.